The molecule has 3 nitrogen and oxygen atoms in total. The van der Waals surface area contributed by atoms with Gasteiger partial charge < -0.3 is 4.57 Å². The number of ketones is 1. The van der Waals surface area contributed by atoms with Gasteiger partial charge in [-0.3, -0.25) is 4.79 Å². The van der Waals surface area contributed by atoms with Gasteiger partial charge in [0.1, 0.15) is 0 Å². The fraction of sp³-hybridized carbons (Fsp3) is 0.556. The number of thiol groups is 1. The highest BCUT2D eigenvalue weighted by atomic mass is 32.1. The number of hydrogen-bond donors (Lipinski definition) is 1. The van der Waals surface area contributed by atoms with Gasteiger partial charge in [0.05, 0.1) is 6.54 Å². The van der Waals surface area contributed by atoms with Crippen LogP contribution in [0.2, 0.25) is 0 Å². The number of carbonyl (C=O) groups is 1. The van der Waals surface area contributed by atoms with Crippen LogP contribution in [0, 0.1) is 5.41 Å². The van der Waals surface area contributed by atoms with E-state index in [-0.39, 0.29) is 11.2 Å². The zero-order chi connectivity index (χ0) is 10.1. The van der Waals surface area contributed by atoms with E-state index in [9.17, 15) is 4.79 Å². The van der Waals surface area contributed by atoms with Crippen LogP contribution >= 0.6 is 12.6 Å². The summed E-state index contributed by atoms with van der Waals surface area (Å²) in [6.07, 6.45) is 3.39. The summed E-state index contributed by atoms with van der Waals surface area (Å²) >= 11 is 4.12. The van der Waals surface area contributed by atoms with Gasteiger partial charge in [0.25, 0.3) is 0 Å². The Morgan fingerprint density at radius 3 is 2.62 bits per heavy atom. The molecule has 0 saturated heterocycles. The van der Waals surface area contributed by atoms with Crippen molar-refractivity contribution >= 4 is 18.4 Å². The molecule has 0 saturated carbocycles. The van der Waals surface area contributed by atoms with Crippen LogP contribution in [0.5, 0.6) is 0 Å². The Labute approximate surface area is 83.6 Å². The molecule has 1 aromatic rings. The lowest BCUT2D eigenvalue weighted by Gasteiger charge is -2.16. The Hall–Kier alpha value is -0.770. The van der Waals surface area contributed by atoms with E-state index in [1.165, 1.54) is 0 Å². The minimum atomic E-state index is -0.301. The normalized spacial score (nSPS) is 11.7. The van der Waals surface area contributed by atoms with Crippen LogP contribution in [0.4, 0.5) is 0 Å². The van der Waals surface area contributed by atoms with Crippen LogP contribution in [0.1, 0.15) is 20.8 Å². The third-order valence-corrected chi connectivity index (χ3v) is 2.22. The van der Waals surface area contributed by atoms with Gasteiger partial charge in [-0.05, 0) is 0 Å². The van der Waals surface area contributed by atoms with Crippen molar-refractivity contribution in [2.45, 2.75) is 32.5 Å². The van der Waals surface area contributed by atoms with Crippen molar-refractivity contribution in [3.8, 4) is 0 Å². The molecular weight excluding hydrogens is 184 g/mol. The quantitative estimate of drug-likeness (QED) is 0.735. The van der Waals surface area contributed by atoms with E-state index < -0.39 is 0 Å². The van der Waals surface area contributed by atoms with Gasteiger partial charge in [0.2, 0.25) is 0 Å². The van der Waals surface area contributed by atoms with E-state index in [1.54, 1.807) is 17.0 Å². The topological polar surface area (TPSA) is 34.9 Å². The molecule has 0 aromatic carbocycles. The summed E-state index contributed by atoms with van der Waals surface area (Å²) in [5.41, 5.74) is -0.301. The summed E-state index contributed by atoms with van der Waals surface area (Å²) in [6.45, 7) is 6.07. The maximum atomic E-state index is 11.6. The van der Waals surface area contributed by atoms with Crippen molar-refractivity contribution in [3.05, 3.63) is 12.4 Å². The van der Waals surface area contributed by atoms with Crippen LogP contribution in [0.25, 0.3) is 0 Å². The molecule has 0 aliphatic rings. The van der Waals surface area contributed by atoms with Crippen LogP contribution in [0.15, 0.2) is 17.6 Å². The van der Waals surface area contributed by atoms with E-state index in [1.807, 2.05) is 20.8 Å². The Balaban J connectivity index is 2.71. The number of imidazole rings is 1. The van der Waals surface area contributed by atoms with Crippen molar-refractivity contribution in [1.29, 1.82) is 0 Å². The predicted octanol–water partition coefficient (Wildman–Crippen LogP) is 1.79. The highest BCUT2D eigenvalue weighted by Gasteiger charge is 2.21. The summed E-state index contributed by atoms with van der Waals surface area (Å²) in [5.74, 6) is 0.181. The molecular formula is C9H14N2OS. The highest BCUT2D eigenvalue weighted by Crippen LogP contribution is 2.16. The van der Waals surface area contributed by atoms with Gasteiger partial charge >= 0.3 is 0 Å². The van der Waals surface area contributed by atoms with Crippen LogP contribution in [0.3, 0.4) is 0 Å². The largest absolute Gasteiger partial charge is 0.319 e. The van der Waals surface area contributed by atoms with E-state index in [0.29, 0.717) is 11.7 Å². The average Bonchev–Trinajstić information content (AvgIpc) is 2.34. The molecule has 0 radical (unpaired) electrons. The second kappa shape index (κ2) is 3.54. The smallest absolute Gasteiger partial charge is 0.165 e. The van der Waals surface area contributed by atoms with Crippen molar-refractivity contribution in [1.82, 2.24) is 9.55 Å². The maximum Gasteiger partial charge on any atom is 0.165 e. The summed E-state index contributed by atoms with van der Waals surface area (Å²) in [4.78, 5) is 15.5. The molecule has 13 heavy (non-hydrogen) atoms. The molecule has 0 fully saturated rings. The van der Waals surface area contributed by atoms with Crippen molar-refractivity contribution in [3.63, 3.8) is 0 Å². The second-order valence-electron chi connectivity index (χ2n) is 4.03. The summed E-state index contributed by atoms with van der Waals surface area (Å²) in [5, 5.41) is 0.581. The molecule has 0 atom stereocenters. The van der Waals surface area contributed by atoms with Crippen molar-refractivity contribution in [2.75, 3.05) is 0 Å². The molecule has 0 amide bonds. The summed E-state index contributed by atoms with van der Waals surface area (Å²) in [6, 6.07) is 0. The minimum Gasteiger partial charge on any atom is -0.319 e. The third kappa shape index (κ3) is 2.59. The number of Topliss-reactive ketones (excluding diaryl/α,β-unsaturated/α-hetero) is 1. The molecule has 0 aliphatic heterocycles. The number of hydrogen-bond acceptors (Lipinski definition) is 3. The lowest BCUT2D eigenvalue weighted by Crippen LogP contribution is -2.24. The van der Waals surface area contributed by atoms with Gasteiger partial charge in [-0.15, -0.1) is 12.6 Å². The van der Waals surface area contributed by atoms with Gasteiger partial charge in [-0.2, -0.15) is 0 Å². The fourth-order valence-electron chi connectivity index (χ4n) is 0.837. The molecule has 1 heterocycles. The first-order chi connectivity index (χ1) is 5.91. The average molecular weight is 198 g/mol. The molecule has 0 aliphatic carbocycles. The van der Waals surface area contributed by atoms with Crippen LogP contribution in [-0.4, -0.2) is 15.3 Å². The van der Waals surface area contributed by atoms with E-state index >= 15 is 0 Å². The Bertz CT molecular complexity index is 312. The summed E-state index contributed by atoms with van der Waals surface area (Å²) in [7, 11) is 0. The van der Waals surface area contributed by atoms with E-state index in [2.05, 4.69) is 17.6 Å². The molecule has 72 valence electrons. The van der Waals surface area contributed by atoms with Gasteiger partial charge in [0, 0.05) is 17.8 Å². The SMILES string of the molecule is CC(C)(C)C(=O)Cn1ccnc1S. The third-order valence-electron chi connectivity index (χ3n) is 1.84. The fourth-order valence-corrected chi connectivity index (χ4v) is 1.04. The first-order valence-corrected chi connectivity index (χ1v) is 4.59. The van der Waals surface area contributed by atoms with E-state index in [4.69, 9.17) is 0 Å². The monoisotopic (exact) mass is 198 g/mol. The standard InChI is InChI=1S/C9H14N2OS/c1-9(2,3)7(12)6-11-5-4-10-8(11)13/h4-5H,6H2,1-3H3,(H,10,13). The first kappa shape index (κ1) is 10.3. The highest BCUT2D eigenvalue weighted by molar-refractivity contribution is 7.80. The Kier molecular flexibility index (Phi) is 2.81. The summed E-state index contributed by atoms with van der Waals surface area (Å²) < 4.78 is 1.73. The number of carbonyl (C=O) groups excluding carboxylic acids is 1. The maximum absolute atomic E-state index is 11.6. The van der Waals surface area contributed by atoms with Gasteiger partial charge in [0.15, 0.2) is 10.9 Å². The second-order valence-corrected chi connectivity index (χ2v) is 4.43. The molecule has 1 aromatic heterocycles. The lowest BCUT2D eigenvalue weighted by atomic mass is 9.91. The Morgan fingerprint density at radius 2 is 2.23 bits per heavy atom. The molecule has 1 rings (SSSR count). The van der Waals surface area contributed by atoms with E-state index in [0.717, 1.165) is 0 Å². The van der Waals surface area contributed by atoms with Gasteiger partial charge in [-0.25, -0.2) is 4.98 Å². The van der Waals surface area contributed by atoms with Crippen molar-refractivity contribution < 1.29 is 4.79 Å². The molecule has 0 unspecified atom stereocenters. The zero-order valence-electron chi connectivity index (χ0n) is 8.11. The predicted molar refractivity (Wildman–Crippen MR) is 53.9 cm³/mol. The van der Waals surface area contributed by atoms with Crippen LogP contribution < -0.4 is 0 Å². The van der Waals surface area contributed by atoms with Crippen molar-refractivity contribution in [2.24, 2.45) is 5.41 Å². The minimum absolute atomic E-state index is 0.181. The zero-order valence-corrected chi connectivity index (χ0v) is 9.01. The first-order valence-electron chi connectivity index (χ1n) is 4.14. The van der Waals surface area contributed by atoms with Crippen LogP contribution in [-0.2, 0) is 11.3 Å². The molecule has 0 N–H and O–H groups in total. The number of rotatable bonds is 2. The number of aromatic nitrogens is 2. The Morgan fingerprint density at radius 1 is 1.62 bits per heavy atom. The van der Waals surface area contributed by atoms with Gasteiger partial charge in [-0.1, -0.05) is 20.8 Å². The molecule has 0 bridgehead atoms. The molecule has 0 spiro atoms. The number of nitrogens with zero attached hydrogens (tertiary/aromatic N) is 2. The molecule has 4 heteroatoms. The lowest BCUT2D eigenvalue weighted by molar-refractivity contribution is -0.127.